The number of aryl methyl sites for hydroxylation is 1. The van der Waals surface area contributed by atoms with Gasteiger partial charge in [0.1, 0.15) is 0 Å². The highest BCUT2D eigenvalue weighted by Gasteiger charge is 2.16. The summed E-state index contributed by atoms with van der Waals surface area (Å²) in [5, 5.41) is 4.11. The summed E-state index contributed by atoms with van der Waals surface area (Å²) in [6, 6.07) is 6.08. The largest absolute Gasteiger partial charge is 0.314 e. The van der Waals surface area contributed by atoms with Crippen molar-refractivity contribution in [1.82, 2.24) is 5.32 Å². The van der Waals surface area contributed by atoms with E-state index >= 15 is 0 Å². The molecule has 0 amide bonds. The molecule has 0 aliphatic carbocycles. The molecule has 0 bridgehead atoms. The van der Waals surface area contributed by atoms with Gasteiger partial charge in [0.15, 0.2) is 0 Å². The van der Waals surface area contributed by atoms with E-state index in [4.69, 9.17) is 11.6 Å². The minimum absolute atomic E-state index is 0.137. The van der Waals surface area contributed by atoms with E-state index in [2.05, 4.69) is 32.2 Å². The summed E-state index contributed by atoms with van der Waals surface area (Å²) in [5.74, 6) is 0. The van der Waals surface area contributed by atoms with Crippen LogP contribution in [0.3, 0.4) is 0 Å². The fourth-order valence-corrected chi connectivity index (χ4v) is 1.65. The van der Waals surface area contributed by atoms with Gasteiger partial charge in [-0.2, -0.15) is 0 Å². The highest BCUT2D eigenvalue weighted by atomic mass is 35.5. The van der Waals surface area contributed by atoms with Crippen molar-refractivity contribution in [2.75, 3.05) is 7.05 Å². The Morgan fingerprint density at radius 1 is 1.36 bits per heavy atom. The second kappa shape index (κ2) is 4.33. The molecule has 0 radical (unpaired) electrons. The fraction of sp³-hybridized carbons (Fsp3) is 0.500. The Morgan fingerprint density at radius 3 is 2.50 bits per heavy atom. The summed E-state index contributed by atoms with van der Waals surface area (Å²) in [6.07, 6.45) is 1.02. The van der Waals surface area contributed by atoms with E-state index in [1.54, 1.807) is 0 Å². The monoisotopic (exact) mass is 211 g/mol. The molecule has 1 rings (SSSR count). The van der Waals surface area contributed by atoms with Gasteiger partial charge in [0.25, 0.3) is 0 Å². The van der Waals surface area contributed by atoms with Gasteiger partial charge >= 0.3 is 0 Å². The second-order valence-corrected chi connectivity index (χ2v) is 4.82. The van der Waals surface area contributed by atoms with Crippen molar-refractivity contribution in [3.63, 3.8) is 0 Å². The molecule has 0 aliphatic rings. The van der Waals surface area contributed by atoms with Gasteiger partial charge in [0, 0.05) is 10.6 Å². The minimum atomic E-state index is 0.137. The Hall–Kier alpha value is -0.530. The van der Waals surface area contributed by atoms with E-state index in [1.807, 2.05) is 19.2 Å². The Kier molecular flexibility index (Phi) is 3.57. The zero-order chi connectivity index (χ0) is 10.8. The molecule has 0 atom stereocenters. The maximum absolute atomic E-state index is 5.91. The summed E-state index contributed by atoms with van der Waals surface area (Å²) >= 11 is 5.91. The summed E-state index contributed by atoms with van der Waals surface area (Å²) in [6.45, 7) is 6.50. The SMILES string of the molecule is CNC(C)(C)Cc1ccc(Cl)cc1C. The molecule has 0 saturated heterocycles. The lowest BCUT2D eigenvalue weighted by molar-refractivity contribution is 0.421. The zero-order valence-electron chi connectivity index (χ0n) is 9.32. The Bertz CT molecular complexity index is 318. The van der Waals surface area contributed by atoms with Crippen LogP contribution in [0.1, 0.15) is 25.0 Å². The first-order valence-corrected chi connectivity index (χ1v) is 5.26. The molecule has 1 aromatic rings. The number of rotatable bonds is 3. The quantitative estimate of drug-likeness (QED) is 0.810. The van der Waals surface area contributed by atoms with Gasteiger partial charge < -0.3 is 5.32 Å². The van der Waals surface area contributed by atoms with Crippen LogP contribution in [0.5, 0.6) is 0 Å². The van der Waals surface area contributed by atoms with E-state index in [0.717, 1.165) is 11.4 Å². The van der Waals surface area contributed by atoms with Gasteiger partial charge in [-0.15, -0.1) is 0 Å². The maximum Gasteiger partial charge on any atom is 0.0408 e. The summed E-state index contributed by atoms with van der Waals surface area (Å²) in [7, 11) is 1.99. The summed E-state index contributed by atoms with van der Waals surface area (Å²) < 4.78 is 0. The highest BCUT2D eigenvalue weighted by Crippen LogP contribution is 2.19. The van der Waals surface area contributed by atoms with Crippen LogP contribution in [0.15, 0.2) is 18.2 Å². The number of benzene rings is 1. The van der Waals surface area contributed by atoms with Gasteiger partial charge in [-0.3, -0.25) is 0 Å². The topological polar surface area (TPSA) is 12.0 Å². The Balaban J connectivity index is 2.87. The number of hydrogen-bond donors (Lipinski definition) is 1. The first-order chi connectivity index (χ1) is 6.44. The van der Waals surface area contributed by atoms with Crippen LogP contribution in [0.25, 0.3) is 0 Å². The number of nitrogens with one attached hydrogen (secondary N) is 1. The molecule has 0 spiro atoms. The molecule has 1 aromatic carbocycles. The highest BCUT2D eigenvalue weighted by molar-refractivity contribution is 6.30. The molecule has 1 N–H and O–H groups in total. The van der Waals surface area contributed by atoms with Gasteiger partial charge in [0.05, 0.1) is 0 Å². The van der Waals surface area contributed by atoms with E-state index in [9.17, 15) is 0 Å². The maximum atomic E-state index is 5.91. The first-order valence-electron chi connectivity index (χ1n) is 4.88. The van der Waals surface area contributed by atoms with Crippen molar-refractivity contribution in [3.8, 4) is 0 Å². The standard InChI is InChI=1S/C12H18ClN/c1-9-7-11(13)6-5-10(9)8-12(2,3)14-4/h5-7,14H,8H2,1-4H3. The summed E-state index contributed by atoms with van der Waals surface area (Å²) in [4.78, 5) is 0. The molecule has 2 heteroatoms. The predicted octanol–water partition coefficient (Wildman–Crippen LogP) is 3.19. The van der Waals surface area contributed by atoms with Crippen molar-refractivity contribution in [1.29, 1.82) is 0 Å². The number of hydrogen-bond acceptors (Lipinski definition) is 1. The van der Waals surface area contributed by atoms with Crippen LogP contribution in [0, 0.1) is 6.92 Å². The van der Waals surface area contributed by atoms with Gasteiger partial charge in [-0.1, -0.05) is 17.7 Å². The predicted molar refractivity (Wildman–Crippen MR) is 63.0 cm³/mol. The van der Waals surface area contributed by atoms with Crippen molar-refractivity contribution >= 4 is 11.6 Å². The van der Waals surface area contributed by atoms with Gasteiger partial charge in [0.2, 0.25) is 0 Å². The van der Waals surface area contributed by atoms with Gasteiger partial charge in [-0.05, 0) is 57.5 Å². The lowest BCUT2D eigenvalue weighted by atomic mass is 9.93. The molecule has 0 unspecified atom stereocenters. The van der Waals surface area contributed by atoms with Crippen LogP contribution in [0.4, 0.5) is 0 Å². The number of likely N-dealkylation sites (N-methyl/N-ethyl adjacent to an activating group) is 1. The molecule has 14 heavy (non-hydrogen) atoms. The van der Waals surface area contributed by atoms with E-state index in [0.29, 0.717) is 0 Å². The van der Waals surface area contributed by atoms with Crippen LogP contribution >= 0.6 is 11.6 Å². The third-order valence-corrected chi connectivity index (χ3v) is 2.85. The van der Waals surface area contributed by atoms with Crippen molar-refractivity contribution in [3.05, 3.63) is 34.3 Å². The average Bonchev–Trinajstić information content (AvgIpc) is 2.10. The smallest absolute Gasteiger partial charge is 0.0408 e. The minimum Gasteiger partial charge on any atom is -0.314 e. The van der Waals surface area contributed by atoms with Gasteiger partial charge in [-0.25, -0.2) is 0 Å². The van der Waals surface area contributed by atoms with Crippen molar-refractivity contribution < 1.29 is 0 Å². The Morgan fingerprint density at radius 2 is 2.00 bits per heavy atom. The zero-order valence-corrected chi connectivity index (χ0v) is 10.1. The van der Waals surface area contributed by atoms with Crippen molar-refractivity contribution in [2.24, 2.45) is 0 Å². The lowest BCUT2D eigenvalue weighted by Gasteiger charge is -2.25. The molecule has 78 valence electrons. The molecule has 0 saturated carbocycles. The third-order valence-electron chi connectivity index (χ3n) is 2.61. The van der Waals surface area contributed by atoms with Crippen LogP contribution in [-0.4, -0.2) is 12.6 Å². The molecule has 1 nitrogen and oxygen atoms in total. The molecule has 0 aliphatic heterocycles. The molecule has 0 fully saturated rings. The van der Waals surface area contributed by atoms with Crippen LogP contribution < -0.4 is 5.32 Å². The summed E-state index contributed by atoms with van der Waals surface area (Å²) in [5.41, 5.74) is 2.76. The van der Waals surface area contributed by atoms with Crippen LogP contribution in [0.2, 0.25) is 5.02 Å². The molecule has 0 aromatic heterocycles. The van der Waals surface area contributed by atoms with Crippen LogP contribution in [-0.2, 0) is 6.42 Å². The van der Waals surface area contributed by atoms with E-state index in [1.165, 1.54) is 11.1 Å². The Labute approximate surface area is 91.5 Å². The fourth-order valence-electron chi connectivity index (χ4n) is 1.42. The lowest BCUT2D eigenvalue weighted by Crippen LogP contribution is -2.38. The van der Waals surface area contributed by atoms with E-state index < -0.39 is 0 Å². The molecular weight excluding hydrogens is 194 g/mol. The normalized spacial score (nSPS) is 11.8. The second-order valence-electron chi connectivity index (χ2n) is 4.38. The van der Waals surface area contributed by atoms with Crippen molar-refractivity contribution in [2.45, 2.75) is 32.7 Å². The molecule has 0 heterocycles. The third kappa shape index (κ3) is 3.00. The molecular formula is C12H18ClN. The number of halogens is 1. The first kappa shape index (κ1) is 11.5. The average molecular weight is 212 g/mol. The van der Waals surface area contributed by atoms with E-state index in [-0.39, 0.29) is 5.54 Å².